The Labute approximate surface area is 215 Å². The van der Waals surface area contributed by atoms with Crippen LogP contribution in [0.2, 0.25) is 5.02 Å². The molecule has 0 unspecified atom stereocenters. The van der Waals surface area contributed by atoms with Gasteiger partial charge in [-0.25, -0.2) is 4.68 Å². The van der Waals surface area contributed by atoms with Gasteiger partial charge in [-0.2, -0.15) is 19.9 Å². The van der Waals surface area contributed by atoms with Crippen LogP contribution in [0, 0.1) is 6.92 Å². The van der Waals surface area contributed by atoms with E-state index in [2.05, 4.69) is 25.5 Å². The minimum absolute atomic E-state index is 0.154. The smallest absolute Gasteiger partial charge is 0.263 e. The lowest BCUT2D eigenvalue weighted by atomic mass is 10.0. The second kappa shape index (κ2) is 9.03. The van der Waals surface area contributed by atoms with Gasteiger partial charge in [0.2, 0.25) is 11.9 Å². The van der Waals surface area contributed by atoms with Gasteiger partial charge in [0.1, 0.15) is 11.2 Å². The molecular formula is C27H20ClN7O2. The van der Waals surface area contributed by atoms with Gasteiger partial charge >= 0.3 is 0 Å². The molecule has 0 saturated heterocycles. The van der Waals surface area contributed by atoms with Crippen molar-refractivity contribution in [3.63, 3.8) is 0 Å². The summed E-state index contributed by atoms with van der Waals surface area (Å²) in [5.41, 5.74) is 2.24. The van der Waals surface area contributed by atoms with E-state index in [9.17, 15) is 9.59 Å². The van der Waals surface area contributed by atoms with Crippen LogP contribution in [0.1, 0.15) is 11.3 Å². The highest BCUT2D eigenvalue weighted by molar-refractivity contribution is 6.30. The van der Waals surface area contributed by atoms with Crippen LogP contribution in [0.5, 0.6) is 0 Å². The zero-order valence-corrected chi connectivity index (χ0v) is 20.4. The molecule has 3 aromatic carbocycles. The van der Waals surface area contributed by atoms with Crippen molar-refractivity contribution < 1.29 is 4.79 Å². The molecule has 3 aromatic heterocycles. The molecule has 9 nitrogen and oxygen atoms in total. The third-order valence-corrected chi connectivity index (χ3v) is 6.28. The maximum atomic E-state index is 13.1. The standard InChI is InChI=1S/C27H20ClN7O2/c1-16-13-23(30-24(36)14-18-7-4-6-17-5-2-3-8-21(17)18)35(33-16)27-31-25-22(26(37)32-27)15-29-34(25)20-11-9-19(28)10-12-20/h2-13,15H,14H2,1H3,(H,30,36)(H,31,32,37). The van der Waals surface area contributed by atoms with E-state index in [1.54, 1.807) is 41.9 Å². The van der Waals surface area contributed by atoms with E-state index >= 15 is 0 Å². The van der Waals surface area contributed by atoms with Crippen LogP contribution in [0.4, 0.5) is 5.82 Å². The van der Waals surface area contributed by atoms with E-state index in [1.165, 1.54) is 10.9 Å². The number of H-pyrrole nitrogens is 1. The highest BCUT2D eigenvalue weighted by Gasteiger charge is 2.17. The van der Waals surface area contributed by atoms with Gasteiger partial charge in [0, 0.05) is 11.1 Å². The van der Waals surface area contributed by atoms with Crippen LogP contribution in [0.3, 0.4) is 0 Å². The van der Waals surface area contributed by atoms with Crippen molar-refractivity contribution in [2.24, 2.45) is 0 Å². The fraction of sp³-hybridized carbons (Fsp3) is 0.0741. The molecule has 0 radical (unpaired) electrons. The first kappa shape index (κ1) is 22.7. The van der Waals surface area contributed by atoms with Gasteiger partial charge in [0.05, 0.1) is 24.0 Å². The molecule has 0 aliphatic rings. The Morgan fingerprint density at radius 3 is 2.62 bits per heavy atom. The number of rotatable bonds is 5. The van der Waals surface area contributed by atoms with Crippen molar-refractivity contribution in [3.05, 3.63) is 106 Å². The zero-order valence-electron chi connectivity index (χ0n) is 19.6. The highest BCUT2D eigenvalue weighted by atomic mass is 35.5. The number of fused-ring (bicyclic) bond motifs is 2. The van der Waals surface area contributed by atoms with Gasteiger partial charge in [-0.15, -0.1) is 0 Å². The Hall–Kier alpha value is -4.76. The number of benzene rings is 3. The molecule has 10 heteroatoms. The SMILES string of the molecule is Cc1cc(NC(=O)Cc2cccc3ccccc23)n(-c2nc3c(cnn3-c3ccc(Cl)cc3)c(=O)[nH]2)n1. The van der Waals surface area contributed by atoms with E-state index in [1.807, 2.05) is 42.5 Å². The topological polar surface area (TPSA) is 110 Å². The number of amides is 1. The lowest BCUT2D eigenvalue weighted by Gasteiger charge is -2.10. The summed E-state index contributed by atoms with van der Waals surface area (Å²) in [4.78, 5) is 33.3. The number of halogens is 1. The second-order valence-corrected chi connectivity index (χ2v) is 9.04. The number of aromatic nitrogens is 6. The Kier molecular flexibility index (Phi) is 5.54. The molecule has 0 spiro atoms. The highest BCUT2D eigenvalue weighted by Crippen LogP contribution is 2.21. The number of carbonyl (C=O) groups is 1. The number of anilines is 1. The van der Waals surface area contributed by atoms with Crippen molar-refractivity contribution in [3.8, 4) is 11.6 Å². The fourth-order valence-electron chi connectivity index (χ4n) is 4.34. The van der Waals surface area contributed by atoms with Crippen LogP contribution in [0.25, 0.3) is 33.4 Å². The first-order valence-corrected chi connectivity index (χ1v) is 11.9. The number of hydrogen-bond donors (Lipinski definition) is 2. The number of nitrogens with zero attached hydrogens (tertiary/aromatic N) is 5. The molecule has 6 aromatic rings. The summed E-state index contributed by atoms with van der Waals surface area (Å²) in [5.74, 6) is 0.330. The van der Waals surface area contributed by atoms with Crippen LogP contribution in [0.15, 0.2) is 83.8 Å². The number of hydrogen-bond acceptors (Lipinski definition) is 5. The maximum absolute atomic E-state index is 13.1. The predicted molar refractivity (Wildman–Crippen MR) is 143 cm³/mol. The Bertz CT molecular complexity index is 1850. The Morgan fingerprint density at radius 1 is 1.00 bits per heavy atom. The molecule has 0 saturated carbocycles. The van der Waals surface area contributed by atoms with Gasteiger partial charge in [0.15, 0.2) is 5.65 Å². The summed E-state index contributed by atoms with van der Waals surface area (Å²) in [7, 11) is 0. The molecule has 0 fully saturated rings. The summed E-state index contributed by atoms with van der Waals surface area (Å²) in [6.45, 7) is 1.80. The zero-order chi connectivity index (χ0) is 25.5. The van der Waals surface area contributed by atoms with Crippen molar-refractivity contribution in [2.75, 3.05) is 5.32 Å². The molecule has 1 amide bonds. The van der Waals surface area contributed by atoms with Crippen molar-refractivity contribution in [1.82, 2.24) is 29.5 Å². The summed E-state index contributed by atoms with van der Waals surface area (Å²) >= 11 is 6.02. The first-order chi connectivity index (χ1) is 18.0. The molecular weight excluding hydrogens is 490 g/mol. The van der Waals surface area contributed by atoms with E-state index in [0.717, 1.165) is 16.3 Å². The van der Waals surface area contributed by atoms with Crippen molar-refractivity contribution in [2.45, 2.75) is 13.3 Å². The van der Waals surface area contributed by atoms with Crippen molar-refractivity contribution in [1.29, 1.82) is 0 Å². The minimum Gasteiger partial charge on any atom is -0.310 e. The van der Waals surface area contributed by atoms with E-state index < -0.39 is 0 Å². The summed E-state index contributed by atoms with van der Waals surface area (Å²) in [6.07, 6.45) is 1.64. The average molecular weight is 510 g/mol. The number of aromatic amines is 1. The summed E-state index contributed by atoms with van der Waals surface area (Å²) in [5, 5.41) is 14.7. The lowest BCUT2D eigenvalue weighted by Crippen LogP contribution is -2.20. The van der Waals surface area contributed by atoms with E-state index in [4.69, 9.17) is 11.6 Å². The molecule has 0 aliphatic carbocycles. The van der Waals surface area contributed by atoms with Gasteiger partial charge < -0.3 is 5.32 Å². The third kappa shape index (κ3) is 4.25. The van der Waals surface area contributed by atoms with E-state index in [-0.39, 0.29) is 23.8 Å². The molecule has 0 bridgehead atoms. The molecule has 6 rings (SSSR count). The van der Waals surface area contributed by atoms with E-state index in [0.29, 0.717) is 33.3 Å². The van der Waals surface area contributed by atoms with Gasteiger partial charge in [-0.1, -0.05) is 54.1 Å². The van der Waals surface area contributed by atoms with Crippen molar-refractivity contribution >= 4 is 45.1 Å². The van der Waals surface area contributed by atoms with Gasteiger partial charge in [-0.3, -0.25) is 14.6 Å². The molecule has 0 atom stereocenters. The maximum Gasteiger partial charge on any atom is 0.263 e. The lowest BCUT2D eigenvalue weighted by molar-refractivity contribution is -0.115. The largest absolute Gasteiger partial charge is 0.310 e. The molecule has 2 N–H and O–H groups in total. The number of carbonyl (C=O) groups excluding carboxylic acids is 1. The normalized spacial score (nSPS) is 11.3. The third-order valence-electron chi connectivity index (χ3n) is 6.03. The molecule has 37 heavy (non-hydrogen) atoms. The molecule has 182 valence electrons. The monoisotopic (exact) mass is 509 g/mol. The molecule has 0 aliphatic heterocycles. The Balaban J connectivity index is 1.35. The number of nitrogens with one attached hydrogen (secondary N) is 2. The number of aryl methyl sites for hydroxylation is 1. The predicted octanol–water partition coefficient (Wildman–Crippen LogP) is 4.59. The quantitative estimate of drug-likeness (QED) is 0.353. The Morgan fingerprint density at radius 2 is 1.78 bits per heavy atom. The van der Waals surface area contributed by atoms with Gasteiger partial charge in [-0.05, 0) is 47.5 Å². The van der Waals surface area contributed by atoms with Crippen LogP contribution in [-0.2, 0) is 11.2 Å². The van der Waals surface area contributed by atoms with Crippen LogP contribution >= 0.6 is 11.6 Å². The molecule has 3 heterocycles. The first-order valence-electron chi connectivity index (χ1n) is 11.5. The van der Waals surface area contributed by atoms with Crippen LogP contribution in [-0.4, -0.2) is 35.4 Å². The second-order valence-electron chi connectivity index (χ2n) is 8.61. The summed E-state index contributed by atoms with van der Waals surface area (Å²) in [6, 6.07) is 22.6. The van der Waals surface area contributed by atoms with Crippen LogP contribution < -0.4 is 10.9 Å². The average Bonchev–Trinajstić information content (AvgIpc) is 3.48. The fourth-order valence-corrected chi connectivity index (χ4v) is 4.46. The minimum atomic E-state index is -0.374. The van der Waals surface area contributed by atoms with Gasteiger partial charge in [0.25, 0.3) is 5.56 Å². The summed E-state index contributed by atoms with van der Waals surface area (Å²) < 4.78 is 2.97.